The second kappa shape index (κ2) is 7.35. The predicted molar refractivity (Wildman–Crippen MR) is 106 cm³/mol. The fourth-order valence-corrected chi connectivity index (χ4v) is 3.61. The molecule has 0 amide bonds. The molecule has 0 fully saturated rings. The minimum atomic E-state index is 0.0553. The molecule has 2 heteroatoms. The van der Waals surface area contributed by atoms with Crippen LogP contribution in [0.3, 0.4) is 0 Å². The van der Waals surface area contributed by atoms with Crippen molar-refractivity contribution in [1.82, 2.24) is 0 Å². The summed E-state index contributed by atoms with van der Waals surface area (Å²) >= 11 is 3.58. The Balaban J connectivity index is 2.76. The van der Waals surface area contributed by atoms with Crippen LogP contribution in [0.5, 0.6) is 0 Å². The van der Waals surface area contributed by atoms with Crippen molar-refractivity contribution in [2.75, 3.05) is 11.4 Å². The zero-order chi connectivity index (χ0) is 17.0. The maximum absolute atomic E-state index is 4.06. The average Bonchev–Trinajstić information content (AvgIpc) is 2.63. The fraction of sp³-hybridized carbons (Fsp3) is 0.333. The normalized spacial score (nSPS) is 17.1. The first-order chi connectivity index (χ1) is 11.0. The molecular weight excluding hydrogens is 346 g/mol. The SMILES string of the molecule is C=CCN1C(/C=C\C)=C(C=C)CC(C)(C)c2cc(CBr)ccc21. The standard InChI is InChI=1S/C21H26BrN/c1-6-9-19-17(8-3)14-21(4,5)18-13-16(15-22)10-11-20(18)23(19)12-7-2/h6-11,13H,2-3,12,14-15H2,1,4-5H3/b9-6-. The van der Waals surface area contributed by atoms with Crippen LogP contribution in [-0.4, -0.2) is 6.54 Å². The van der Waals surface area contributed by atoms with Crippen LogP contribution in [0.1, 0.15) is 38.3 Å². The molecular formula is C21H26BrN. The number of benzene rings is 1. The second-order valence-corrected chi connectivity index (χ2v) is 7.12. The Kier molecular flexibility index (Phi) is 5.69. The molecule has 0 aromatic heterocycles. The number of hydrogen-bond acceptors (Lipinski definition) is 1. The van der Waals surface area contributed by atoms with Crippen molar-refractivity contribution < 1.29 is 0 Å². The van der Waals surface area contributed by atoms with Gasteiger partial charge in [-0.05, 0) is 47.6 Å². The first-order valence-corrected chi connectivity index (χ1v) is 9.16. The van der Waals surface area contributed by atoms with Gasteiger partial charge in [0.25, 0.3) is 0 Å². The van der Waals surface area contributed by atoms with E-state index in [0.717, 1.165) is 18.3 Å². The number of fused-ring (bicyclic) bond motifs is 1. The number of rotatable bonds is 5. The van der Waals surface area contributed by atoms with E-state index in [0.29, 0.717) is 0 Å². The molecule has 0 N–H and O–H groups in total. The predicted octanol–water partition coefficient (Wildman–Crippen LogP) is 6.27. The maximum Gasteiger partial charge on any atom is 0.0452 e. The Morgan fingerprint density at radius 3 is 2.61 bits per heavy atom. The topological polar surface area (TPSA) is 3.24 Å². The van der Waals surface area contributed by atoms with E-state index in [1.807, 2.05) is 12.2 Å². The first kappa shape index (κ1) is 17.8. The van der Waals surface area contributed by atoms with E-state index in [2.05, 4.69) is 85.1 Å². The van der Waals surface area contributed by atoms with Crippen LogP contribution >= 0.6 is 15.9 Å². The summed E-state index contributed by atoms with van der Waals surface area (Å²) in [5.74, 6) is 0. The van der Waals surface area contributed by atoms with Gasteiger partial charge in [-0.1, -0.05) is 66.7 Å². The van der Waals surface area contributed by atoms with Crippen LogP contribution in [-0.2, 0) is 10.7 Å². The first-order valence-electron chi connectivity index (χ1n) is 8.04. The van der Waals surface area contributed by atoms with E-state index >= 15 is 0 Å². The summed E-state index contributed by atoms with van der Waals surface area (Å²) in [6.45, 7) is 15.5. The number of nitrogens with zero attached hydrogens (tertiary/aromatic N) is 1. The lowest BCUT2D eigenvalue weighted by Gasteiger charge is -2.30. The van der Waals surface area contributed by atoms with Gasteiger partial charge < -0.3 is 4.90 Å². The highest BCUT2D eigenvalue weighted by Crippen LogP contribution is 2.43. The Bertz CT molecular complexity index is 664. The summed E-state index contributed by atoms with van der Waals surface area (Å²) in [6.07, 6.45) is 9.22. The highest BCUT2D eigenvalue weighted by Gasteiger charge is 2.31. The minimum absolute atomic E-state index is 0.0553. The molecule has 1 heterocycles. The van der Waals surface area contributed by atoms with Gasteiger partial charge in [-0.3, -0.25) is 0 Å². The lowest BCUT2D eigenvalue weighted by atomic mass is 9.78. The third-order valence-electron chi connectivity index (χ3n) is 4.37. The molecule has 1 nitrogen and oxygen atoms in total. The molecule has 0 radical (unpaired) electrons. The van der Waals surface area contributed by atoms with Crippen molar-refractivity contribution in [1.29, 1.82) is 0 Å². The van der Waals surface area contributed by atoms with Gasteiger partial charge in [-0.15, -0.1) is 6.58 Å². The Morgan fingerprint density at radius 2 is 2.04 bits per heavy atom. The Labute approximate surface area is 149 Å². The lowest BCUT2D eigenvalue weighted by Crippen LogP contribution is -2.24. The van der Waals surface area contributed by atoms with Gasteiger partial charge in [0.15, 0.2) is 0 Å². The van der Waals surface area contributed by atoms with Gasteiger partial charge in [0.1, 0.15) is 0 Å². The van der Waals surface area contributed by atoms with Crippen LogP contribution in [0.15, 0.2) is 66.9 Å². The molecule has 1 aromatic carbocycles. The summed E-state index contributed by atoms with van der Waals surface area (Å²) in [4.78, 5) is 2.35. The number of alkyl halides is 1. The number of halogens is 1. The van der Waals surface area contributed by atoms with Gasteiger partial charge in [-0.25, -0.2) is 0 Å². The van der Waals surface area contributed by atoms with Crippen LogP contribution in [0.2, 0.25) is 0 Å². The van der Waals surface area contributed by atoms with E-state index in [4.69, 9.17) is 0 Å². The van der Waals surface area contributed by atoms with Gasteiger partial charge in [0.2, 0.25) is 0 Å². The monoisotopic (exact) mass is 371 g/mol. The second-order valence-electron chi connectivity index (χ2n) is 6.56. The number of hydrogen-bond donors (Lipinski definition) is 0. The van der Waals surface area contributed by atoms with Gasteiger partial charge in [0, 0.05) is 23.3 Å². The van der Waals surface area contributed by atoms with Crippen molar-refractivity contribution in [3.8, 4) is 0 Å². The molecule has 1 aliphatic rings. The molecule has 0 bridgehead atoms. The molecule has 0 saturated heterocycles. The zero-order valence-electron chi connectivity index (χ0n) is 14.4. The average molecular weight is 372 g/mol. The van der Waals surface area contributed by atoms with Crippen molar-refractivity contribution in [2.24, 2.45) is 0 Å². The van der Waals surface area contributed by atoms with E-state index in [9.17, 15) is 0 Å². The van der Waals surface area contributed by atoms with Crippen LogP contribution in [0, 0.1) is 0 Å². The number of allylic oxidation sites excluding steroid dienone is 4. The number of anilines is 1. The van der Waals surface area contributed by atoms with E-state index in [1.54, 1.807) is 0 Å². The molecule has 0 spiro atoms. The van der Waals surface area contributed by atoms with Gasteiger partial charge in [0.05, 0.1) is 0 Å². The van der Waals surface area contributed by atoms with Crippen LogP contribution in [0.4, 0.5) is 5.69 Å². The maximum atomic E-state index is 4.06. The van der Waals surface area contributed by atoms with E-state index in [-0.39, 0.29) is 5.41 Å². The van der Waals surface area contributed by atoms with Crippen LogP contribution < -0.4 is 4.90 Å². The highest BCUT2D eigenvalue weighted by atomic mass is 79.9. The lowest BCUT2D eigenvalue weighted by molar-refractivity contribution is 0.528. The smallest absolute Gasteiger partial charge is 0.0452 e. The highest BCUT2D eigenvalue weighted by molar-refractivity contribution is 9.08. The molecule has 0 aliphatic carbocycles. The van der Waals surface area contributed by atoms with Crippen LogP contribution in [0.25, 0.3) is 0 Å². The fourth-order valence-electron chi connectivity index (χ4n) is 3.27. The summed E-state index contributed by atoms with van der Waals surface area (Å²) in [7, 11) is 0. The quantitative estimate of drug-likeness (QED) is 0.435. The van der Waals surface area contributed by atoms with Gasteiger partial charge in [-0.2, -0.15) is 0 Å². The third-order valence-corrected chi connectivity index (χ3v) is 5.02. The van der Waals surface area contributed by atoms with Crippen molar-refractivity contribution in [3.05, 3.63) is 78.1 Å². The molecule has 0 unspecified atom stereocenters. The molecule has 0 saturated carbocycles. The van der Waals surface area contributed by atoms with Crippen molar-refractivity contribution in [3.63, 3.8) is 0 Å². The molecule has 1 aromatic rings. The summed E-state index contributed by atoms with van der Waals surface area (Å²) < 4.78 is 0. The van der Waals surface area contributed by atoms with Crippen molar-refractivity contribution >= 4 is 21.6 Å². The Hall–Kier alpha value is -1.54. The van der Waals surface area contributed by atoms with E-state index < -0.39 is 0 Å². The third kappa shape index (κ3) is 3.53. The summed E-state index contributed by atoms with van der Waals surface area (Å²) in [6, 6.07) is 6.78. The van der Waals surface area contributed by atoms with Crippen molar-refractivity contribution in [2.45, 2.75) is 37.9 Å². The zero-order valence-corrected chi connectivity index (χ0v) is 16.0. The minimum Gasteiger partial charge on any atom is -0.337 e. The summed E-state index contributed by atoms with van der Waals surface area (Å²) in [5, 5.41) is 0.876. The summed E-state index contributed by atoms with van der Waals surface area (Å²) in [5.41, 5.74) is 6.52. The molecule has 122 valence electrons. The molecule has 0 atom stereocenters. The molecule has 23 heavy (non-hydrogen) atoms. The van der Waals surface area contributed by atoms with Gasteiger partial charge >= 0.3 is 0 Å². The van der Waals surface area contributed by atoms with E-state index in [1.165, 1.54) is 28.1 Å². The largest absolute Gasteiger partial charge is 0.337 e. The molecule has 1 aliphatic heterocycles. The Morgan fingerprint density at radius 1 is 1.30 bits per heavy atom. The molecule has 2 rings (SSSR count).